The number of rotatable bonds is 2. The quantitative estimate of drug-likeness (QED) is 0.842. The van der Waals surface area contributed by atoms with Crippen LogP contribution in [0.15, 0.2) is 23.1 Å². The molecule has 0 aliphatic carbocycles. The summed E-state index contributed by atoms with van der Waals surface area (Å²) < 4.78 is 1.46. The van der Waals surface area contributed by atoms with Gasteiger partial charge in [-0.25, -0.2) is 0 Å². The highest BCUT2D eigenvalue weighted by Crippen LogP contribution is 2.41. The number of amides is 1. The molecule has 0 bridgehead atoms. The van der Waals surface area contributed by atoms with Gasteiger partial charge in [0.25, 0.3) is 5.91 Å². The maximum Gasteiger partial charge on any atom is 0.255 e. The van der Waals surface area contributed by atoms with E-state index in [0.29, 0.717) is 11.5 Å². The van der Waals surface area contributed by atoms with Gasteiger partial charge in [0.2, 0.25) is 5.56 Å². The van der Waals surface area contributed by atoms with Crippen LogP contribution in [-0.2, 0) is 7.05 Å². The van der Waals surface area contributed by atoms with E-state index >= 15 is 0 Å². The average Bonchev–Trinajstić information content (AvgIpc) is 2.66. The summed E-state index contributed by atoms with van der Waals surface area (Å²) in [5.41, 5.74) is 0.603. The first-order valence-corrected chi connectivity index (χ1v) is 8.01. The van der Waals surface area contributed by atoms with Crippen LogP contribution in [0.1, 0.15) is 57.8 Å². The summed E-state index contributed by atoms with van der Waals surface area (Å²) in [6.45, 7) is 11.9. The molecule has 1 aliphatic heterocycles. The molecule has 4 nitrogen and oxygen atoms in total. The monoisotopic (exact) mass is 304 g/mol. The zero-order chi connectivity index (χ0) is 16.7. The number of carbonyl (C=O) groups is 1. The van der Waals surface area contributed by atoms with Gasteiger partial charge in [-0.1, -0.05) is 20.8 Å². The van der Waals surface area contributed by atoms with Crippen LogP contribution < -0.4 is 5.56 Å². The molecule has 1 amide bonds. The van der Waals surface area contributed by atoms with Gasteiger partial charge in [-0.3, -0.25) is 9.59 Å². The van der Waals surface area contributed by atoms with Crippen LogP contribution >= 0.6 is 0 Å². The number of nitrogens with zero attached hydrogens (tertiary/aromatic N) is 2. The first kappa shape index (κ1) is 16.8. The van der Waals surface area contributed by atoms with E-state index in [0.717, 1.165) is 19.4 Å². The van der Waals surface area contributed by atoms with Gasteiger partial charge < -0.3 is 9.47 Å². The van der Waals surface area contributed by atoms with E-state index in [2.05, 4.69) is 34.6 Å². The van der Waals surface area contributed by atoms with E-state index in [9.17, 15) is 9.59 Å². The van der Waals surface area contributed by atoms with E-state index in [-0.39, 0.29) is 22.4 Å². The number of hydrogen-bond acceptors (Lipinski definition) is 2. The molecule has 1 aromatic rings. The highest BCUT2D eigenvalue weighted by molar-refractivity contribution is 5.94. The van der Waals surface area contributed by atoms with E-state index < -0.39 is 0 Å². The van der Waals surface area contributed by atoms with Gasteiger partial charge in [0.1, 0.15) is 0 Å². The summed E-state index contributed by atoms with van der Waals surface area (Å²) in [6, 6.07) is 3.10. The highest BCUT2D eigenvalue weighted by Gasteiger charge is 2.44. The summed E-state index contributed by atoms with van der Waals surface area (Å²) >= 11 is 0. The molecule has 122 valence electrons. The van der Waals surface area contributed by atoms with Gasteiger partial charge in [-0.05, 0) is 44.1 Å². The van der Waals surface area contributed by atoms with Crippen LogP contribution in [0.5, 0.6) is 0 Å². The zero-order valence-electron chi connectivity index (χ0n) is 14.6. The van der Waals surface area contributed by atoms with Gasteiger partial charge in [-0.2, -0.15) is 0 Å². The molecule has 2 heterocycles. The summed E-state index contributed by atoms with van der Waals surface area (Å²) in [5, 5.41) is 0. The lowest BCUT2D eigenvalue weighted by atomic mass is 9.76. The first-order chi connectivity index (χ1) is 10.0. The van der Waals surface area contributed by atoms with Crippen molar-refractivity contribution in [2.24, 2.45) is 18.4 Å². The van der Waals surface area contributed by atoms with E-state index in [1.165, 1.54) is 10.6 Å². The Bertz CT molecular complexity index is 623. The number of hydrogen-bond donors (Lipinski definition) is 0. The molecule has 0 N–H and O–H groups in total. The molecule has 0 saturated carbocycles. The van der Waals surface area contributed by atoms with Crippen LogP contribution in [0, 0.1) is 11.3 Å². The lowest BCUT2D eigenvalue weighted by Crippen LogP contribution is -2.46. The minimum Gasteiger partial charge on any atom is -0.333 e. The Balaban J connectivity index is 2.24. The molecule has 4 heteroatoms. The molecule has 0 spiro atoms. The van der Waals surface area contributed by atoms with Gasteiger partial charge in [0, 0.05) is 31.4 Å². The second-order valence-electron chi connectivity index (χ2n) is 8.23. The maximum atomic E-state index is 12.8. The second-order valence-corrected chi connectivity index (χ2v) is 8.23. The predicted molar refractivity (Wildman–Crippen MR) is 89.0 cm³/mol. The van der Waals surface area contributed by atoms with Crippen molar-refractivity contribution in [3.8, 4) is 0 Å². The van der Waals surface area contributed by atoms with Crippen molar-refractivity contribution in [3.63, 3.8) is 0 Å². The number of carbonyl (C=O) groups excluding carboxylic acids is 1. The van der Waals surface area contributed by atoms with E-state index in [1.54, 1.807) is 19.3 Å². The van der Waals surface area contributed by atoms with Crippen molar-refractivity contribution < 1.29 is 4.79 Å². The Morgan fingerprint density at radius 1 is 1.32 bits per heavy atom. The summed E-state index contributed by atoms with van der Waals surface area (Å²) in [6.07, 6.45) is 3.79. The topological polar surface area (TPSA) is 42.3 Å². The molecule has 1 saturated heterocycles. The molecule has 1 unspecified atom stereocenters. The lowest BCUT2D eigenvalue weighted by molar-refractivity contribution is 0.0569. The van der Waals surface area contributed by atoms with E-state index in [4.69, 9.17) is 0 Å². The summed E-state index contributed by atoms with van der Waals surface area (Å²) in [4.78, 5) is 26.3. The van der Waals surface area contributed by atoms with Crippen molar-refractivity contribution in [2.75, 3.05) is 6.54 Å². The third-order valence-electron chi connectivity index (χ3n) is 4.83. The number of likely N-dealkylation sites (tertiary alicyclic amines) is 1. The standard InChI is InChI=1S/C18H28N2O2/c1-17(2,3)11-14-9-10-20(18(14,4)5)16(22)13-7-8-15(21)19(6)12-13/h7-8,12,14H,9-11H2,1-6H3. The average molecular weight is 304 g/mol. The van der Waals surface area contributed by atoms with Crippen molar-refractivity contribution in [2.45, 2.75) is 53.0 Å². The summed E-state index contributed by atoms with van der Waals surface area (Å²) in [7, 11) is 1.68. The minimum absolute atomic E-state index is 0.0250. The van der Waals surface area contributed by atoms with Gasteiger partial charge in [-0.15, -0.1) is 0 Å². The molecular formula is C18H28N2O2. The first-order valence-electron chi connectivity index (χ1n) is 8.01. The van der Waals surface area contributed by atoms with Crippen molar-refractivity contribution >= 4 is 5.91 Å². The lowest BCUT2D eigenvalue weighted by Gasteiger charge is -2.38. The molecule has 22 heavy (non-hydrogen) atoms. The van der Waals surface area contributed by atoms with Crippen LogP contribution in [0.25, 0.3) is 0 Å². The Morgan fingerprint density at radius 2 is 1.95 bits per heavy atom. The minimum atomic E-state index is -0.154. The van der Waals surface area contributed by atoms with Crippen LogP contribution in [0.2, 0.25) is 0 Å². The molecule has 1 fully saturated rings. The zero-order valence-corrected chi connectivity index (χ0v) is 14.6. The van der Waals surface area contributed by atoms with Crippen LogP contribution in [0.4, 0.5) is 0 Å². The van der Waals surface area contributed by atoms with Crippen molar-refractivity contribution in [3.05, 3.63) is 34.2 Å². The number of aromatic nitrogens is 1. The largest absolute Gasteiger partial charge is 0.333 e. The summed E-state index contributed by atoms with van der Waals surface area (Å²) in [5.74, 6) is 0.529. The number of pyridine rings is 1. The molecule has 1 atom stereocenters. The Hall–Kier alpha value is -1.58. The fourth-order valence-corrected chi connectivity index (χ4v) is 3.48. The predicted octanol–water partition coefficient (Wildman–Crippen LogP) is 3.06. The molecule has 2 rings (SSSR count). The smallest absolute Gasteiger partial charge is 0.255 e. The molecule has 1 aromatic heterocycles. The fraction of sp³-hybridized carbons (Fsp3) is 0.667. The van der Waals surface area contributed by atoms with Gasteiger partial charge in [0.05, 0.1) is 5.56 Å². The van der Waals surface area contributed by atoms with E-state index in [1.807, 2.05) is 4.90 Å². The Kier molecular flexibility index (Phi) is 4.24. The van der Waals surface area contributed by atoms with Crippen molar-refractivity contribution in [1.82, 2.24) is 9.47 Å². The molecule has 0 radical (unpaired) electrons. The molecular weight excluding hydrogens is 276 g/mol. The van der Waals surface area contributed by atoms with Gasteiger partial charge in [0.15, 0.2) is 0 Å². The molecule has 0 aromatic carbocycles. The van der Waals surface area contributed by atoms with Gasteiger partial charge >= 0.3 is 0 Å². The van der Waals surface area contributed by atoms with Crippen LogP contribution in [0.3, 0.4) is 0 Å². The second kappa shape index (κ2) is 5.56. The van der Waals surface area contributed by atoms with Crippen molar-refractivity contribution in [1.29, 1.82) is 0 Å². The number of aryl methyl sites for hydroxylation is 1. The Morgan fingerprint density at radius 3 is 2.50 bits per heavy atom. The normalized spacial score (nSPS) is 21.2. The third-order valence-corrected chi connectivity index (χ3v) is 4.83. The third kappa shape index (κ3) is 3.26. The SMILES string of the molecule is Cn1cc(C(=O)N2CCC(CC(C)(C)C)C2(C)C)ccc1=O. The maximum absolute atomic E-state index is 12.8. The molecule has 1 aliphatic rings. The fourth-order valence-electron chi connectivity index (χ4n) is 3.48. The Labute approximate surface area is 133 Å². The highest BCUT2D eigenvalue weighted by atomic mass is 16.2. The van der Waals surface area contributed by atoms with Crippen LogP contribution in [-0.4, -0.2) is 27.5 Å².